The number of rotatable bonds is 1. The van der Waals surface area contributed by atoms with Crippen molar-refractivity contribution in [1.29, 1.82) is 0 Å². The van der Waals surface area contributed by atoms with E-state index >= 15 is 0 Å². The van der Waals surface area contributed by atoms with E-state index in [2.05, 4.69) is 12.7 Å². The monoisotopic (exact) mass is 136 g/mol. The van der Waals surface area contributed by atoms with Crippen molar-refractivity contribution in [2.75, 3.05) is 0 Å². The molecule has 0 aromatic heterocycles. The van der Waals surface area contributed by atoms with E-state index in [-0.39, 0.29) is 0 Å². The van der Waals surface area contributed by atoms with Gasteiger partial charge in [-0.1, -0.05) is 6.08 Å². The first-order chi connectivity index (χ1) is 4.90. The maximum absolute atomic E-state index is 5.52. The largest absolute Gasteiger partial charge is 0.369 e. The van der Waals surface area contributed by atoms with Gasteiger partial charge in [-0.15, -0.1) is 6.58 Å². The predicted octanol–water partition coefficient (Wildman–Crippen LogP) is 1.60. The van der Waals surface area contributed by atoms with Crippen LogP contribution in [0, 0.1) is 17.8 Å². The summed E-state index contributed by atoms with van der Waals surface area (Å²) in [6.45, 7) is 3.86. The van der Waals surface area contributed by atoms with Crippen molar-refractivity contribution in [2.45, 2.75) is 25.0 Å². The highest BCUT2D eigenvalue weighted by molar-refractivity contribution is 5.13. The molecule has 2 bridgehead atoms. The Kier molecular flexibility index (Phi) is 0.791. The molecule has 0 aromatic rings. The van der Waals surface area contributed by atoms with Crippen LogP contribution in [0.1, 0.15) is 12.8 Å². The summed E-state index contributed by atoms with van der Waals surface area (Å²) in [4.78, 5) is 0. The SMILES string of the molecule is C=CC1CC2CC1C1OC21. The lowest BCUT2D eigenvalue weighted by Gasteiger charge is -2.13. The summed E-state index contributed by atoms with van der Waals surface area (Å²) < 4.78 is 5.52. The van der Waals surface area contributed by atoms with Gasteiger partial charge in [0, 0.05) is 0 Å². The van der Waals surface area contributed by atoms with E-state index in [4.69, 9.17) is 4.74 Å². The molecule has 2 aliphatic carbocycles. The fourth-order valence-corrected chi connectivity index (χ4v) is 2.92. The molecule has 3 fully saturated rings. The zero-order valence-corrected chi connectivity index (χ0v) is 5.99. The lowest BCUT2D eigenvalue weighted by molar-refractivity contribution is 0.258. The third-order valence-corrected chi connectivity index (χ3v) is 3.45. The lowest BCUT2D eigenvalue weighted by atomic mass is 9.89. The molecule has 1 aliphatic heterocycles. The van der Waals surface area contributed by atoms with Crippen LogP contribution in [-0.2, 0) is 4.74 Å². The van der Waals surface area contributed by atoms with E-state index < -0.39 is 0 Å². The summed E-state index contributed by atoms with van der Waals surface area (Å²) >= 11 is 0. The average molecular weight is 136 g/mol. The molecule has 1 saturated heterocycles. The van der Waals surface area contributed by atoms with Crippen molar-refractivity contribution in [1.82, 2.24) is 0 Å². The van der Waals surface area contributed by atoms with Crippen molar-refractivity contribution in [2.24, 2.45) is 17.8 Å². The molecule has 0 N–H and O–H groups in total. The summed E-state index contributed by atoms with van der Waals surface area (Å²) in [6, 6.07) is 0. The molecule has 10 heavy (non-hydrogen) atoms. The Hall–Kier alpha value is -0.300. The second-order valence-corrected chi connectivity index (χ2v) is 3.86. The zero-order valence-electron chi connectivity index (χ0n) is 5.99. The van der Waals surface area contributed by atoms with E-state index in [9.17, 15) is 0 Å². The van der Waals surface area contributed by atoms with Gasteiger partial charge in [-0.2, -0.15) is 0 Å². The van der Waals surface area contributed by atoms with Gasteiger partial charge in [-0.05, 0) is 30.6 Å². The number of allylic oxidation sites excluding steroid dienone is 1. The number of hydrogen-bond acceptors (Lipinski definition) is 1. The van der Waals surface area contributed by atoms with Crippen molar-refractivity contribution in [3.63, 3.8) is 0 Å². The molecular formula is C9H12O. The van der Waals surface area contributed by atoms with Gasteiger partial charge in [0.1, 0.15) is 0 Å². The quantitative estimate of drug-likeness (QED) is 0.394. The minimum absolute atomic E-state index is 0.654. The fraction of sp³-hybridized carbons (Fsp3) is 0.778. The summed E-state index contributed by atoms with van der Waals surface area (Å²) in [5, 5.41) is 0. The molecule has 0 spiro atoms. The summed E-state index contributed by atoms with van der Waals surface area (Å²) in [6.07, 6.45) is 6.24. The minimum Gasteiger partial charge on any atom is -0.369 e. The number of hydrogen-bond donors (Lipinski definition) is 0. The number of fused-ring (bicyclic) bond motifs is 5. The van der Waals surface area contributed by atoms with Gasteiger partial charge >= 0.3 is 0 Å². The number of epoxide rings is 1. The first-order valence-electron chi connectivity index (χ1n) is 4.18. The number of ether oxygens (including phenoxy) is 1. The van der Waals surface area contributed by atoms with Crippen molar-refractivity contribution in [3.05, 3.63) is 12.7 Å². The molecule has 5 unspecified atom stereocenters. The van der Waals surface area contributed by atoms with Crippen LogP contribution < -0.4 is 0 Å². The Labute approximate surface area is 61.1 Å². The van der Waals surface area contributed by atoms with Gasteiger partial charge < -0.3 is 4.74 Å². The Balaban J connectivity index is 1.91. The maximum Gasteiger partial charge on any atom is 0.0878 e. The van der Waals surface area contributed by atoms with Crippen molar-refractivity contribution < 1.29 is 4.74 Å². The van der Waals surface area contributed by atoms with E-state index in [0.717, 1.165) is 17.8 Å². The standard InChI is InChI=1S/C9H12O/c1-2-5-3-6-4-7(5)9-8(6)10-9/h2,5-9H,1,3-4H2. The topological polar surface area (TPSA) is 12.5 Å². The van der Waals surface area contributed by atoms with Gasteiger partial charge in [-0.3, -0.25) is 0 Å². The smallest absolute Gasteiger partial charge is 0.0878 e. The third-order valence-electron chi connectivity index (χ3n) is 3.45. The molecule has 0 radical (unpaired) electrons. The van der Waals surface area contributed by atoms with Gasteiger partial charge in [-0.25, -0.2) is 0 Å². The highest BCUT2D eigenvalue weighted by Crippen LogP contribution is 2.58. The third kappa shape index (κ3) is 0.450. The predicted molar refractivity (Wildman–Crippen MR) is 38.6 cm³/mol. The molecule has 0 amide bonds. The molecule has 1 nitrogen and oxygen atoms in total. The van der Waals surface area contributed by atoms with Crippen LogP contribution in [0.2, 0.25) is 0 Å². The fourth-order valence-electron chi connectivity index (χ4n) is 2.92. The second kappa shape index (κ2) is 1.48. The van der Waals surface area contributed by atoms with Crippen LogP contribution in [0.4, 0.5) is 0 Å². The van der Waals surface area contributed by atoms with E-state index in [1.54, 1.807) is 0 Å². The Morgan fingerprint density at radius 1 is 1.30 bits per heavy atom. The molecule has 0 aromatic carbocycles. The van der Waals surface area contributed by atoms with Crippen LogP contribution in [-0.4, -0.2) is 12.2 Å². The molecule has 2 saturated carbocycles. The molecule has 1 heterocycles. The normalized spacial score (nSPS) is 62.2. The summed E-state index contributed by atoms with van der Waals surface area (Å²) in [5.41, 5.74) is 0. The van der Waals surface area contributed by atoms with Crippen LogP contribution in [0.15, 0.2) is 12.7 Å². The summed E-state index contributed by atoms with van der Waals surface area (Å²) in [7, 11) is 0. The van der Waals surface area contributed by atoms with Gasteiger partial charge in [0.15, 0.2) is 0 Å². The van der Waals surface area contributed by atoms with Crippen molar-refractivity contribution >= 4 is 0 Å². The minimum atomic E-state index is 0.654. The molecule has 3 aliphatic rings. The molecule has 5 atom stereocenters. The van der Waals surface area contributed by atoms with Crippen LogP contribution in [0.5, 0.6) is 0 Å². The van der Waals surface area contributed by atoms with E-state index in [0.29, 0.717) is 12.2 Å². The summed E-state index contributed by atoms with van der Waals surface area (Å²) in [5.74, 6) is 2.54. The first-order valence-corrected chi connectivity index (χ1v) is 4.18. The highest BCUT2D eigenvalue weighted by Gasteiger charge is 2.62. The van der Waals surface area contributed by atoms with Crippen LogP contribution in [0.3, 0.4) is 0 Å². The molecule has 54 valence electrons. The molecular weight excluding hydrogens is 124 g/mol. The van der Waals surface area contributed by atoms with Gasteiger partial charge in [0.2, 0.25) is 0 Å². The average Bonchev–Trinajstić information content (AvgIpc) is 2.58. The Bertz CT molecular complexity index is 187. The van der Waals surface area contributed by atoms with E-state index in [1.165, 1.54) is 12.8 Å². The second-order valence-electron chi connectivity index (χ2n) is 3.86. The highest BCUT2D eigenvalue weighted by atomic mass is 16.6. The van der Waals surface area contributed by atoms with Gasteiger partial charge in [0.05, 0.1) is 12.2 Å². The molecule has 1 heteroatoms. The first kappa shape index (κ1) is 5.36. The lowest BCUT2D eigenvalue weighted by Crippen LogP contribution is -2.15. The zero-order chi connectivity index (χ0) is 6.72. The van der Waals surface area contributed by atoms with Crippen LogP contribution in [0.25, 0.3) is 0 Å². The van der Waals surface area contributed by atoms with Crippen molar-refractivity contribution in [3.8, 4) is 0 Å². The maximum atomic E-state index is 5.52. The van der Waals surface area contributed by atoms with Gasteiger partial charge in [0.25, 0.3) is 0 Å². The van der Waals surface area contributed by atoms with E-state index in [1.807, 2.05) is 0 Å². The molecule has 3 rings (SSSR count). The Morgan fingerprint density at radius 3 is 2.80 bits per heavy atom. The van der Waals surface area contributed by atoms with Crippen LogP contribution >= 0.6 is 0 Å². The Morgan fingerprint density at radius 2 is 2.20 bits per heavy atom.